The lowest BCUT2D eigenvalue weighted by Gasteiger charge is -2.14. The van der Waals surface area contributed by atoms with E-state index in [4.69, 9.17) is 20.6 Å². The van der Waals surface area contributed by atoms with Gasteiger partial charge in [0.2, 0.25) is 0 Å². The van der Waals surface area contributed by atoms with E-state index in [1.54, 1.807) is 0 Å². The van der Waals surface area contributed by atoms with Gasteiger partial charge in [0.1, 0.15) is 11.6 Å². The molecule has 0 atom stereocenters. The Labute approximate surface area is 125 Å². The van der Waals surface area contributed by atoms with Gasteiger partial charge in [-0.1, -0.05) is 30.3 Å². The van der Waals surface area contributed by atoms with Crippen LogP contribution in [0, 0.1) is 19.3 Å². The molecule has 0 aromatic heterocycles. The van der Waals surface area contributed by atoms with Gasteiger partial charge in [-0.3, -0.25) is 5.41 Å². The number of ether oxygens (including phenoxy) is 2. The molecule has 2 aromatic carbocycles. The highest BCUT2D eigenvalue weighted by molar-refractivity contribution is 5.95. The van der Waals surface area contributed by atoms with Crippen molar-refractivity contribution in [3.05, 3.63) is 64.7 Å². The minimum Gasteiger partial charge on any atom is -0.467 e. The predicted molar refractivity (Wildman–Crippen MR) is 83.7 cm³/mol. The molecule has 0 radical (unpaired) electrons. The SMILES string of the molecule is Cc1cc(C(=N)N)cc(C)c1OCOCc1ccccc1. The normalized spacial score (nSPS) is 10.4. The molecule has 2 rings (SSSR count). The maximum Gasteiger partial charge on any atom is 0.189 e. The summed E-state index contributed by atoms with van der Waals surface area (Å²) in [4.78, 5) is 0. The number of amidine groups is 1. The average molecular weight is 284 g/mol. The van der Waals surface area contributed by atoms with E-state index in [0.717, 1.165) is 22.4 Å². The van der Waals surface area contributed by atoms with Crippen molar-refractivity contribution in [2.45, 2.75) is 20.5 Å². The molecular weight excluding hydrogens is 264 g/mol. The molecule has 3 N–H and O–H groups in total. The summed E-state index contributed by atoms with van der Waals surface area (Å²) in [5.41, 5.74) is 9.22. The van der Waals surface area contributed by atoms with Crippen LogP contribution in [0.1, 0.15) is 22.3 Å². The molecule has 0 aliphatic rings. The summed E-state index contributed by atoms with van der Waals surface area (Å²) >= 11 is 0. The van der Waals surface area contributed by atoms with Crippen molar-refractivity contribution in [1.29, 1.82) is 5.41 Å². The third-order valence-corrected chi connectivity index (χ3v) is 3.17. The fourth-order valence-corrected chi connectivity index (χ4v) is 2.17. The molecular formula is C17H20N2O2. The fourth-order valence-electron chi connectivity index (χ4n) is 2.17. The van der Waals surface area contributed by atoms with E-state index in [1.165, 1.54) is 0 Å². The van der Waals surface area contributed by atoms with Crippen molar-refractivity contribution in [3.8, 4) is 5.75 Å². The molecule has 21 heavy (non-hydrogen) atoms. The first-order chi connectivity index (χ1) is 10.1. The van der Waals surface area contributed by atoms with Crippen molar-refractivity contribution in [1.82, 2.24) is 0 Å². The van der Waals surface area contributed by atoms with E-state index in [0.29, 0.717) is 12.2 Å². The summed E-state index contributed by atoms with van der Waals surface area (Å²) < 4.78 is 11.2. The van der Waals surface area contributed by atoms with Gasteiger partial charge >= 0.3 is 0 Å². The molecule has 0 aliphatic carbocycles. The zero-order valence-electron chi connectivity index (χ0n) is 12.3. The van der Waals surface area contributed by atoms with Gasteiger partial charge in [0, 0.05) is 5.56 Å². The lowest BCUT2D eigenvalue weighted by molar-refractivity contribution is 0.00431. The Kier molecular flexibility index (Phi) is 4.95. The van der Waals surface area contributed by atoms with Crippen LogP contribution < -0.4 is 10.5 Å². The van der Waals surface area contributed by atoms with E-state index in [1.807, 2.05) is 56.3 Å². The van der Waals surface area contributed by atoms with Gasteiger partial charge in [0.05, 0.1) is 6.61 Å². The maximum atomic E-state index is 7.47. The second-order valence-electron chi connectivity index (χ2n) is 4.95. The van der Waals surface area contributed by atoms with Crippen molar-refractivity contribution in [2.24, 2.45) is 5.73 Å². The smallest absolute Gasteiger partial charge is 0.189 e. The number of benzene rings is 2. The van der Waals surface area contributed by atoms with Gasteiger partial charge in [-0.05, 0) is 42.7 Å². The lowest BCUT2D eigenvalue weighted by Crippen LogP contribution is -2.12. The Balaban J connectivity index is 1.93. The number of nitrogen functional groups attached to an aromatic ring is 1. The largest absolute Gasteiger partial charge is 0.467 e. The zero-order chi connectivity index (χ0) is 15.2. The molecule has 110 valence electrons. The molecule has 2 aromatic rings. The van der Waals surface area contributed by atoms with E-state index >= 15 is 0 Å². The van der Waals surface area contributed by atoms with Gasteiger partial charge < -0.3 is 15.2 Å². The summed E-state index contributed by atoms with van der Waals surface area (Å²) in [7, 11) is 0. The number of rotatable bonds is 6. The van der Waals surface area contributed by atoms with Crippen molar-refractivity contribution < 1.29 is 9.47 Å². The highest BCUT2D eigenvalue weighted by Crippen LogP contribution is 2.24. The number of aryl methyl sites for hydroxylation is 2. The lowest BCUT2D eigenvalue weighted by atomic mass is 10.1. The molecule has 0 unspecified atom stereocenters. The van der Waals surface area contributed by atoms with E-state index in [-0.39, 0.29) is 12.6 Å². The second-order valence-corrected chi connectivity index (χ2v) is 4.95. The minimum absolute atomic E-state index is 0.0630. The van der Waals surface area contributed by atoms with Crippen LogP contribution >= 0.6 is 0 Å². The summed E-state index contributed by atoms with van der Waals surface area (Å²) in [5, 5.41) is 7.47. The minimum atomic E-state index is 0.0630. The molecule has 0 heterocycles. The van der Waals surface area contributed by atoms with Crippen LogP contribution in [0.15, 0.2) is 42.5 Å². The molecule has 0 amide bonds. The predicted octanol–water partition coefficient (Wildman–Crippen LogP) is 3.14. The zero-order valence-corrected chi connectivity index (χ0v) is 12.3. The second kappa shape index (κ2) is 6.90. The van der Waals surface area contributed by atoms with Crippen LogP contribution in [0.4, 0.5) is 0 Å². The summed E-state index contributed by atoms with van der Waals surface area (Å²) in [6.07, 6.45) is 0. The number of nitrogens with one attached hydrogen (secondary N) is 1. The van der Waals surface area contributed by atoms with Crippen LogP contribution in [0.3, 0.4) is 0 Å². The van der Waals surface area contributed by atoms with Gasteiger partial charge in [-0.25, -0.2) is 0 Å². The first kappa shape index (κ1) is 15.1. The van der Waals surface area contributed by atoms with Crippen molar-refractivity contribution in [3.63, 3.8) is 0 Å². The van der Waals surface area contributed by atoms with Gasteiger partial charge in [-0.15, -0.1) is 0 Å². The topological polar surface area (TPSA) is 68.3 Å². The number of hydrogen-bond donors (Lipinski definition) is 2. The highest BCUT2D eigenvalue weighted by Gasteiger charge is 2.08. The fraction of sp³-hybridized carbons (Fsp3) is 0.235. The van der Waals surface area contributed by atoms with Gasteiger partial charge in [0.15, 0.2) is 6.79 Å². The average Bonchev–Trinajstić information content (AvgIpc) is 2.46. The Morgan fingerprint density at radius 1 is 1.10 bits per heavy atom. The molecule has 4 heteroatoms. The van der Waals surface area contributed by atoms with Crippen LogP contribution in [0.2, 0.25) is 0 Å². The Morgan fingerprint density at radius 2 is 1.71 bits per heavy atom. The van der Waals surface area contributed by atoms with Crippen LogP contribution in [0.5, 0.6) is 5.75 Å². The third-order valence-electron chi connectivity index (χ3n) is 3.17. The summed E-state index contributed by atoms with van der Waals surface area (Å²) in [5.74, 6) is 0.848. The van der Waals surface area contributed by atoms with Crippen LogP contribution in [-0.4, -0.2) is 12.6 Å². The maximum absolute atomic E-state index is 7.47. The third kappa shape index (κ3) is 4.07. The van der Waals surface area contributed by atoms with Gasteiger partial charge in [0.25, 0.3) is 0 Å². The standard InChI is InChI=1S/C17H20N2O2/c1-12-8-15(17(18)19)9-13(2)16(12)21-11-20-10-14-6-4-3-5-7-14/h3-9H,10-11H2,1-2H3,(H3,18,19). The molecule has 0 saturated carbocycles. The molecule has 4 nitrogen and oxygen atoms in total. The summed E-state index contributed by atoms with van der Waals surface area (Å²) in [6.45, 7) is 4.58. The Bertz CT molecular complexity index is 601. The number of nitrogens with two attached hydrogens (primary N) is 1. The van der Waals surface area contributed by atoms with E-state index in [9.17, 15) is 0 Å². The molecule has 0 aliphatic heterocycles. The van der Waals surface area contributed by atoms with Gasteiger partial charge in [-0.2, -0.15) is 0 Å². The molecule has 0 bridgehead atoms. The first-order valence-corrected chi connectivity index (χ1v) is 6.78. The molecule has 0 fully saturated rings. The first-order valence-electron chi connectivity index (χ1n) is 6.78. The quantitative estimate of drug-likeness (QED) is 0.370. The molecule has 0 spiro atoms. The van der Waals surface area contributed by atoms with E-state index in [2.05, 4.69) is 0 Å². The molecule has 0 saturated heterocycles. The highest BCUT2D eigenvalue weighted by atomic mass is 16.7. The van der Waals surface area contributed by atoms with Crippen LogP contribution in [0.25, 0.3) is 0 Å². The van der Waals surface area contributed by atoms with E-state index < -0.39 is 0 Å². The van der Waals surface area contributed by atoms with Crippen molar-refractivity contribution >= 4 is 5.84 Å². The Morgan fingerprint density at radius 3 is 2.29 bits per heavy atom. The summed E-state index contributed by atoms with van der Waals surface area (Å²) in [6, 6.07) is 13.7. The number of hydrogen-bond acceptors (Lipinski definition) is 3. The van der Waals surface area contributed by atoms with Crippen LogP contribution in [-0.2, 0) is 11.3 Å². The van der Waals surface area contributed by atoms with Crippen molar-refractivity contribution in [2.75, 3.05) is 6.79 Å². The Hall–Kier alpha value is -2.33. The monoisotopic (exact) mass is 284 g/mol.